The molecular weight excluding hydrogens is 295 g/mol. The van der Waals surface area contributed by atoms with Gasteiger partial charge >= 0.3 is 6.18 Å². The smallest absolute Gasteiger partial charge is 0.263 e. The molecule has 0 aliphatic heterocycles. The number of thiophene rings is 1. The quantitative estimate of drug-likeness (QED) is 0.633. The first-order chi connectivity index (χ1) is 9.68. The standard InChI is InChI=1S/C16H14F3NS/c1-15(2,3)13-9-12(14(21-13)16(17,18)19)7-6-11-5-4-8-20-10-11/h4-5,8-10H,1-3H3. The van der Waals surface area contributed by atoms with Crippen LogP contribution in [0.15, 0.2) is 30.6 Å². The molecule has 110 valence electrons. The van der Waals surface area contributed by atoms with Gasteiger partial charge in [0.2, 0.25) is 0 Å². The van der Waals surface area contributed by atoms with Crippen molar-refractivity contribution in [3.05, 3.63) is 51.5 Å². The molecule has 0 fully saturated rings. The lowest BCUT2D eigenvalue weighted by Crippen LogP contribution is -2.08. The van der Waals surface area contributed by atoms with Crippen LogP contribution in [0.2, 0.25) is 0 Å². The van der Waals surface area contributed by atoms with E-state index < -0.39 is 11.1 Å². The van der Waals surface area contributed by atoms with E-state index >= 15 is 0 Å². The van der Waals surface area contributed by atoms with Gasteiger partial charge in [-0.15, -0.1) is 11.3 Å². The van der Waals surface area contributed by atoms with Gasteiger partial charge in [0.15, 0.2) is 0 Å². The van der Waals surface area contributed by atoms with E-state index in [1.54, 1.807) is 18.3 Å². The second-order valence-corrected chi connectivity index (χ2v) is 6.65. The van der Waals surface area contributed by atoms with Gasteiger partial charge in [-0.25, -0.2) is 0 Å². The zero-order valence-corrected chi connectivity index (χ0v) is 12.7. The number of hydrogen-bond acceptors (Lipinski definition) is 2. The molecule has 2 aromatic rings. The lowest BCUT2D eigenvalue weighted by atomic mass is 9.94. The third-order valence-corrected chi connectivity index (χ3v) is 4.34. The second-order valence-electron chi connectivity index (χ2n) is 5.59. The van der Waals surface area contributed by atoms with Gasteiger partial charge in [-0.05, 0) is 23.6 Å². The summed E-state index contributed by atoms with van der Waals surface area (Å²) in [4.78, 5) is 3.93. The molecule has 0 aromatic carbocycles. The monoisotopic (exact) mass is 309 g/mol. The van der Waals surface area contributed by atoms with E-state index in [1.807, 2.05) is 20.8 Å². The van der Waals surface area contributed by atoms with Crippen LogP contribution in [0.3, 0.4) is 0 Å². The Morgan fingerprint density at radius 2 is 1.86 bits per heavy atom. The topological polar surface area (TPSA) is 12.9 Å². The van der Waals surface area contributed by atoms with Crippen molar-refractivity contribution in [2.75, 3.05) is 0 Å². The van der Waals surface area contributed by atoms with Gasteiger partial charge in [-0.1, -0.05) is 32.6 Å². The van der Waals surface area contributed by atoms with Crippen molar-refractivity contribution in [3.8, 4) is 11.8 Å². The Kier molecular flexibility index (Phi) is 4.11. The van der Waals surface area contributed by atoms with E-state index in [0.717, 1.165) is 11.3 Å². The molecular formula is C16H14F3NS. The van der Waals surface area contributed by atoms with E-state index in [-0.39, 0.29) is 11.0 Å². The summed E-state index contributed by atoms with van der Waals surface area (Å²) in [5, 5.41) is 0. The van der Waals surface area contributed by atoms with E-state index in [1.165, 1.54) is 12.3 Å². The van der Waals surface area contributed by atoms with Crippen LogP contribution in [-0.4, -0.2) is 4.98 Å². The maximum Gasteiger partial charge on any atom is 0.426 e. The number of nitrogens with zero attached hydrogens (tertiary/aromatic N) is 1. The molecule has 5 heteroatoms. The van der Waals surface area contributed by atoms with Crippen LogP contribution in [0.4, 0.5) is 13.2 Å². The summed E-state index contributed by atoms with van der Waals surface area (Å²) in [7, 11) is 0. The van der Waals surface area contributed by atoms with Crippen molar-refractivity contribution >= 4 is 11.3 Å². The molecule has 0 bridgehead atoms. The normalized spacial score (nSPS) is 11.9. The first kappa shape index (κ1) is 15.6. The maximum absolute atomic E-state index is 13.1. The Morgan fingerprint density at radius 1 is 1.14 bits per heavy atom. The van der Waals surface area contributed by atoms with Gasteiger partial charge < -0.3 is 0 Å². The van der Waals surface area contributed by atoms with Gasteiger partial charge in [0.25, 0.3) is 0 Å². The third kappa shape index (κ3) is 3.85. The van der Waals surface area contributed by atoms with E-state index in [2.05, 4.69) is 16.8 Å². The van der Waals surface area contributed by atoms with Crippen molar-refractivity contribution in [1.82, 2.24) is 4.98 Å². The summed E-state index contributed by atoms with van der Waals surface area (Å²) >= 11 is 0.765. The molecule has 0 N–H and O–H groups in total. The first-order valence-corrected chi connectivity index (χ1v) is 7.13. The molecule has 0 amide bonds. The van der Waals surface area contributed by atoms with Gasteiger partial charge in [-0.3, -0.25) is 4.98 Å². The van der Waals surface area contributed by atoms with Crippen LogP contribution in [0, 0.1) is 11.8 Å². The van der Waals surface area contributed by atoms with Crippen molar-refractivity contribution in [3.63, 3.8) is 0 Å². The van der Waals surface area contributed by atoms with Crippen LogP contribution < -0.4 is 0 Å². The first-order valence-electron chi connectivity index (χ1n) is 6.31. The number of rotatable bonds is 0. The number of hydrogen-bond donors (Lipinski definition) is 0. The lowest BCUT2D eigenvalue weighted by molar-refractivity contribution is -0.134. The van der Waals surface area contributed by atoms with Crippen LogP contribution in [0.5, 0.6) is 0 Å². The summed E-state index contributed by atoms with van der Waals surface area (Å²) in [6.45, 7) is 5.66. The highest BCUT2D eigenvalue weighted by Crippen LogP contribution is 2.41. The number of halogens is 3. The van der Waals surface area contributed by atoms with Crippen LogP contribution in [0.25, 0.3) is 0 Å². The summed E-state index contributed by atoms with van der Waals surface area (Å²) in [6.07, 6.45) is -1.26. The predicted molar refractivity (Wildman–Crippen MR) is 78.2 cm³/mol. The molecule has 2 aromatic heterocycles. The lowest BCUT2D eigenvalue weighted by Gasteiger charge is -2.15. The summed E-state index contributed by atoms with van der Waals surface area (Å²) in [6, 6.07) is 4.95. The fraction of sp³-hybridized carbons (Fsp3) is 0.312. The zero-order valence-electron chi connectivity index (χ0n) is 11.9. The largest absolute Gasteiger partial charge is 0.426 e. The van der Waals surface area contributed by atoms with Crippen molar-refractivity contribution in [1.29, 1.82) is 0 Å². The Balaban J connectivity index is 2.48. The highest BCUT2D eigenvalue weighted by atomic mass is 32.1. The molecule has 0 aliphatic carbocycles. The average molecular weight is 309 g/mol. The Labute approximate surface area is 125 Å². The summed E-state index contributed by atoms with van der Waals surface area (Å²) in [5.41, 5.74) is 0.286. The number of aromatic nitrogens is 1. The maximum atomic E-state index is 13.1. The molecule has 0 atom stereocenters. The minimum absolute atomic E-state index is 0.0290. The highest BCUT2D eigenvalue weighted by molar-refractivity contribution is 7.12. The highest BCUT2D eigenvalue weighted by Gasteiger charge is 2.37. The second kappa shape index (κ2) is 5.53. The Bertz CT molecular complexity index is 682. The molecule has 0 unspecified atom stereocenters. The molecule has 0 radical (unpaired) electrons. The fourth-order valence-corrected chi connectivity index (χ4v) is 2.68. The molecule has 21 heavy (non-hydrogen) atoms. The summed E-state index contributed by atoms with van der Waals surface area (Å²) < 4.78 is 39.3. The summed E-state index contributed by atoms with van der Waals surface area (Å²) in [5.74, 6) is 5.36. The predicted octanol–water partition coefficient (Wildman–Crippen LogP) is 4.86. The van der Waals surface area contributed by atoms with Crippen molar-refractivity contribution in [2.45, 2.75) is 32.4 Å². The van der Waals surface area contributed by atoms with E-state index in [0.29, 0.717) is 10.4 Å². The van der Waals surface area contributed by atoms with E-state index in [9.17, 15) is 13.2 Å². The van der Waals surface area contributed by atoms with Crippen LogP contribution in [-0.2, 0) is 11.6 Å². The van der Waals surface area contributed by atoms with Gasteiger partial charge in [-0.2, -0.15) is 13.2 Å². The number of pyridine rings is 1. The fourth-order valence-electron chi connectivity index (χ4n) is 1.64. The zero-order chi connectivity index (χ0) is 15.7. The minimum Gasteiger partial charge on any atom is -0.263 e. The van der Waals surface area contributed by atoms with Crippen LogP contribution in [0.1, 0.15) is 41.7 Å². The van der Waals surface area contributed by atoms with E-state index in [4.69, 9.17) is 0 Å². The number of alkyl halides is 3. The third-order valence-electron chi connectivity index (χ3n) is 2.73. The molecule has 0 saturated heterocycles. The molecule has 1 nitrogen and oxygen atoms in total. The Morgan fingerprint density at radius 3 is 2.38 bits per heavy atom. The average Bonchev–Trinajstić information content (AvgIpc) is 2.81. The molecule has 0 saturated carbocycles. The molecule has 0 aliphatic rings. The van der Waals surface area contributed by atoms with Crippen LogP contribution >= 0.6 is 11.3 Å². The molecule has 0 spiro atoms. The SMILES string of the molecule is CC(C)(C)c1cc(C#Cc2cccnc2)c(C(F)(F)F)s1. The Hall–Kier alpha value is -1.80. The molecule has 2 rings (SSSR count). The van der Waals surface area contributed by atoms with Gasteiger partial charge in [0.05, 0.1) is 0 Å². The van der Waals surface area contributed by atoms with Gasteiger partial charge in [0.1, 0.15) is 4.88 Å². The van der Waals surface area contributed by atoms with Crippen molar-refractivity contribution in [2.24, 2.45) is 0 Å². The van der Waals surface area contributed by atoms with Crippen molar-refractivity contribution < 1.29 is 13.2 Å². The minimum atomic E-state index is -4.38. The van der Waals surface area contributed by atoms with Gasteiger partial charge in [0, 0.05) is 28.4 Å². The molecule has 2 heterocycles.